The van der Waals surface area contributed by atoms with Gasteiger partial charge in [0.1, 0.15) is 30.6 Å². The highest BCUT2D eigenvalue weighted by atomic mass is 35.5. The molecule has 3 aromatic carbocycles. The molecule has 1 aliphatic heterocycles. The van der Waals surface area contributed by atoms with Crippen molar-refractivity contribution in [1.82, 2.24) is 5.32 Å². The van der Waals surface area contributed by atoms with E-state index in [4.69, 9.17) is 25.9 Å². The number of amidine groups is 1. The molecule has 1 heterocycles. The first kappa shape index (κ1) is 29.7. The zero-order valence-corrected chi connectivity index (χ0v) is 23.7. The number of morpholine rings is 1. The lowest BCUT2D eigenvalue weighted by molar-refractivity contribution is 0.0312. The molecule has 3 aromatic rings. The van der Waals surface area contributed by atoms with Crippen molar-refractivity contribution in [1.29, 1.82) is 0 Å². The number of rotatable bonds is 10. The van der Waals surface area contributed by atoms with Crippen LogP contribution >= 0.6 is 11.6 Å². The molecule has 8 nitrogen and oxygen atoms in total. The summed E-state index contributed by atoms with van der Waals surface area (Å²) in [5.41, 5.74) is 3.90. The van der Waals surface area contributed by atoms with Gasteiger partial charge in [0.2, 0.25) is 0 Å². The van der Waals surface area contributed by atoms with Gasteiger partial charge in [-0.1, -0.05) is 34.8 Å². The average Bonchev–Trinajstić information content (AvgIpc) is 2.99. The molecule has 212 valence electrons. The highest BCUT2D eigenvalue weighted by Crippen LogP contribution is 2.30. The van der Waals surface area contributed by atoms with Crippen molar-refractivity contribution in [3.63, 3.8) is 0 Å². The summed E-state index contributed by atoms with van der Waals surface area (Å²) in [6.07, 6.45) is 0. The number of oxime groups is 1. The zero-order chi connectivity index (χ0) is 29.0. The van der Waals surface area contributed by atoms with Crippen LogP contribution in [0.15, 0.2) is 75.8 Å². The molecular weight excluding hydrogens is 545 g/mol. The van der Waals surface area contributed by atoms with E-state index in [1.165, 1.54) is 12.1 Å². The maximum Gasteiger partial charge on any atom is 0.159 e. The molecule has 1 saturated heterocycles. The van der Waals surface area contributed by atoms with Crippen LogP contribution in [-0.2, 0) is 16.2 Å². The number of ether oxygens (including phenoxy) is 2. The van der Waals surface area contributed by atoms with E-state index in [1.807, 2.05) is 24.3 Å². The predicted octanol–water partition coefficient (Wildman–Crippen LogP) is 5.61. The van der Waals surface area contributed by atoms with E-state index < -0.39 is 0 Å². The molecule has 10 heteroatoms. The average molecular weight is 576 g/mol. The maximum atomic E-state index is 13.5. The van der Waals surface area contributed by atoms with E-state index in [-0.39, 0.29) is 18.5 Å². The van der Waals surface area contributed by atoms with Crippen LogP contribution in [0.3, 0.4) is 0 Å². The molecule has 0 saturated carbocycles. The number of anilines is 1. The fourth-order valence-electron chi connectivity index (χ4n) is 4.06. The Hall–Kier alpha value is -4.23. The van der Waals surface area contributed by atoms with Gasteiger partial charge in [0.05, 0.1) is 30.0 Å². The third-order valence-corrected chi connectivity index (χ3v) is 6.37. The maximum absolute atomic E-state index is 13.5. The third kappa shape index (κ3) is 8.38. The monoisotopic (exact) mass is 575 g/mol. The minimum Gasteiger partial charge on any atom is -0.487 e. The van der Waals surface area contributed by atoms with Crippen LogP contribution in [-0.4, -0.2) is 57.7 Å². The Kier molecular flexibility index (Phi) is 10.9. The molecule has 1 aliphatic rings. The van der Waals surface area contributed by atoms with E-state index in [0.29, 0.717) is 64.6 Å². The lowest BCUT2D eigenvalue weighted by atomic mass is 10.0. The summed E-state index contributed by atoms with van der Waals surface area (Å²) < 4.78 is 24.7. The molecule has 0 bridgehead atoms. The molecule has 2 N–H and O–H groups in total. The van der Waals surface area contributed by atoms with Gasteiger partial charge in [0.15, 0.2) is 5.71 Å². The fraction of sp³-hybridized carbons (Fsp3) is 0.258. The van der Waals surface area contributed by atoms with E-state index >= 15 is 0 Å². The molecule has 4 rings (SSSR count). The van der Waals surface area contributed by atoms with Crippen molar-refractivity contribution in [2.75, 3.05) is 38.7 Å². The Morgan fingerprint density at radius 3 is 2.80 bits per heavy atom. The Morgan fingerprint density at radius 2 is 2.10 bits per heavy atom. The first-order valence-corrected chi connectivity index (χ1v) is 13.3. The van der Waals surface area contributed by atoms with E-state index in [9.17, 15) is 4.39 Å². The lowest BCUT2D eigenvalue weighted by Gasteiger charge is -2.22. The van der Waals surface area contributed by atoms with Crippen molar-refractivity contribution >= 4 is 41.2 Å². The van der Waals surface area contributed by atoms with Crippen LogP contribution in [0, 0.1) is 17.7 Å². The molecule has 0 spiro atoms. The minimum absolute atomic E-state index is 0.0687. The van der Waals surface area contributed by atoms with Gasteiger partial charge in [-0.2, -0.15) is 0 Å². The summed E-state index contributed by atoms with van der Waals surface area (Å²) >= 11 is 6.50. The van der Waals surface area contributed by atoms with Crippen LogP contribution in [0.1, 0.15) is 23.6 Å². The molecule has 0 aromatic heterocycles. The molecule has 1 fully saturated rings. The lowest BCUT2D eigenvalue weighted by Crippen LogP contribution is -2.43. The molecule has 41 heavy (non-hydrogen) atoms. The highest BCUT2D eigenvalue weighted by molar-refractivity contribution is 6.32. The van der Waals surface area contributed by atoms with Gasteiger partial charge in [0, 0.05) is 30.4 Å². The standard InChI is InChI=1S/C31H31ClFN5O3/c1-4-6-28(38-41-20-25-19-39-14-13-36-25)22-9-11-29(34-2)26(16-22)31(35-3)37-24-10-12-30(27(32)17-24)40-18-21-7-5-8-23(33)15-21/h5,7-12,15-17,25,36H,2,13-14,18-20H2,1,3H3,(H,35,37)/b38-28+/t25-/m1/s1. The smallest absolute Gasteiger partial charge is 0.159 e. The summed E-state index contributed by atoms with van der Waals surface area (Å²) in [6.45, 7) is 8.03. The largest absolute Gasteiger partial charge is 0.487 e. The van der Waals surface area contributed by atoms with Crippen LogP contribution in [0.25, 0.3) is 0 Å². The normalized spacial score (nSPS) is 15.5. The number of benzene rings is 3. The Balaban J connectivity index is 1.51. The van der Waals surface area contributed by atoms with Gasteiger partial charge in [-0.25, -0.2) is 4.39 Å². The van der Waals surface area contributed by atoms with Crippen LogP contribution < -0.4 is 15.4 Å². The Labute approximate surface area is 244 Å². The number of halogens is 2. The zero-order valence-electron chi connectivity index (χ0n) is 22.9. The first-order chi connectivity index (χ1) is 20.0. The summed E-state index contributed by atoms with van der Waals surface area (Å²) in [7, 11) is 1.67. The van der Waals surface area contributed by atoms with Gasteiger partial charge < -0.3 is 24.9 Å². The molecule has 0 aliphatic carbocycles. The quantitative estimate of drug-likeness (QED) is 0.142. The first-order valence-electron chi connectivity index (χ1n) is 13.0. The summed E-state index contributed by atoms with van der Waals surface area (Å²) in [6, 6.07) is 17.1. The van der Waals surface area contributed by atoms with E-state index in [1.54, 1.807) is 38.2 Å². The Bertz CT molecular complexity index is 1490. The predicted molar refractivity (Wildman–Crippen MR) is 162 cm³/mol. The summed E-state index contributed by atoms with van der Waals surface area (Å²) in [5, 5.41) is 11.3. The van der Waals surface area contributed by atoms with Crippen molar-refractivity contribution in [2.45, 2.75) is 19.6 Å². The van der Waals surface area contributed by atoms with Crippen LogP contribution in [0.2, 0.25) is 5.02 Å². The second-order valence-corrected chi connectivity index (χ2v) is 9.39. The second-order valence-electron chi connectivity index (χ2n) is 8.99. The molecule has 1 atom stereocenters. The number of hydrogen-bond acceptors (Lipinski definition) is 7. The topological polar surface area (TPSA) is 88.8 Å². The van der Waals surface area contributed by atoms with Crippen LogP contribution in [0.5, 0.6) is 5.75 Å². The highest BCUT2D eigenvalue weighted by Gasteiger charge is 2.16. The Morgan fingerprint density at radius 1 is 1.22 bits per heavy atom. The fourth-order valence-corrected chi connectivity index (χ4v) is 4.29. The van der Waals surface area contributed by atoms with Gasteiger partial charge >= 0.3 is 0 Å². The molecular formula is C31H31ClFN5O3. The second kappa shape index (κ2) is 15.0. The molecule has 0 radical (unpaired) electrons. The van der Waals surface area contributed by atoms with Gasteiger partial charge in [-0.15, -0.1) is 0 Å². The van der Waals surface area contributed by atoms with Crippen molar-refractivity contribution in [3.8, 4) is 17.6 Å². The number of aliphatic imine (C=N–C) groups is 2. The van der Waals surface area contributed by atoms with Crippen LogP contribution in [0.4, 0.5) is 15.8 Å². The summed E-state index contributed by atoms with van der Waals surface area (Å²) in [5.74, 6) is 6.59. The number of nitrogens with zero attached hydrogens (tertiary/aromatic N) is 3. The van der Waals surface area contributed by atoms with E-state index in [0.717, 1.165) is 12.1 Å². The van der Waals surface area contributed by atoms with Crippen molar-refractivity contribution in [2.24, 2.45) is 15.1 Å². The number of hydrogen-bond donors (Lipinski definition) is 2. The van der Waals surface area contributed by atoms with Crippen molar-refractivity contribution < 1.29 is 18.7 Å². The van der Waals surface area contributed by atoms with Gasteiger partial charge in [-0.3, -0.25) is 9.98 Å². The number of nitrogens with one attached hydrogen (secondary N) is 2. The SMILES string of the molecule is C=Nc1ccc(/C(C#CC)=N/OC[C@H]2COCCN2)cc1/C(=N\C)Nc1ccc(OCc2cccc(F)c2)c(Cl)c1. The molecule has 0 unspecified atom stereocenters. The van der Waals surface area contributed by atoms with Gasteiger partial charge in [-0.05, 0) is 73.7 Å². The van der Waals surface area contributed by atoms with E-state index in [2.05, 4.69) is 44.3 Å². The van der Waals surface area contributed by atoms with Gasteiger partial charge in [0.25, 0.3) is 0 Å². The molecule has 0 amide bonds. The minimum atomic E-state index is -0.319. The summed E-state index contributed by atoms with van der Waals surface area (Å²) in [4.78, 5) is 14.2. The third-order valence-electron chi connectivity index (χ3n) is 6.07. The van der Waals surface area contributed by atoms with Crippen molar-refractivity contribution in [3.05, 3.63) is 88.2 Å².